The lowest BCUT2D eigenvalue weighted by Gasteiger charge is -2.09. The fourth-order valence-electron chi connectivity index (χ4n) is 3.60. The Bertz CT molecular complexity index is 504. The van der Waals surface area contributed by atoms with Crippen LogP contribution in [0.3, 0.4) is 0 Å². The summed E-state index contributed by atoms with van der Waals surface area (Å²) in [6.45, 7) is 2.13. The molecule has 0 radical (unpaired) electrons. The third-order valence-corrected chi connectivity index (χ3v) is 4.79. The van der Waals surface area contributed by atoms with Gasteiger partial charge < -0.3 is 5.32 Å². The normalized spacial score (nSPS) is 28.1. The predicted molar refractivity (Wildman–Crippen MR) is 82.5 cm³/mol. The van der Waals surface area contributed by atoms with Crippen molar-refractivity contribution in [3.05, 3.63) is 42.0 Å². The Balaban J connectivity index is 1.66. The largest absolute Gasteiger partial charge is 0.326 e. The molecule has 20 heavy (non-hydrogen) atoms. The highest BCUT2D eigenvalue weighted by molar-refractivity contribution is 5.95. The van der Waals surface area contributed by atoms with Crippen molar-refractivity contribution in [1.29, 1.82) is 0 Å². The molecule has 106 valence electrons. The summed E-state index contributed by atoms with van der Waals surface area (Å²) in [6, 6.07) is 8.14. The van der Waals surface area contributed by atoms with Crippen LogP contribution in [0.1, 0.15) is 38.2 Å². The third kappa shape index (κ3) is 2.65. The predicted octanol–water partition coefficient (Wildman–Crippen LogP) is 4.18. The molecule has 3 rings (SSSR count). The van der Waals surface area contributed by atoms with Gasteiger partial charge in [0.05, 0.1) is 0 Å². The quantitative estimate of drug-likeness (QED) is 0.819. The van der Waals surface area contributed by atoms with E-state index in [1.54, 1.807) is 0 Å². The summed E-state index contributed by atoms with van der Waals surface area (Å²) in [4.78, 5) is 12.5. The Labute approximate surface area is 121 Å². The van der Waals surface area contributed by atoms with Crippen LogP contribution in [-0.2, 0) is 11.2 Å². The van der Waals surface area contributed by atoms with Gasteiger partial charge in [-0.2, -0.15) is 0 Å². The first-order valence-corrected chi connectivity index (χ1v) is 7.85. The minimum atomic E-state index is 0.239. The summed E-state index contributed by atoms with van der Waals surface area (Å²) in [5, 5.41) is 3.16. The lowest BCUT2D eigenvalue weighted by Crippen LogP contribution is -2.16. The Kier molecular flexibility index (Phi) is 3.90. The highest BCUT2D eigenvalue weighted by Gasteiger charge is 2.53. The van der Waals surface area contributed by atoms with Crippen molar-refractivity contribution >= 4 is 11.6 Å². The Morgan fingerprint density at radius 2 is 1.80 bits per heavy atom. The fourth-order valence-corrected chi connectivity index (χ4v) is 3.60. The van der Waals surface area contributed by atoms with Crippen LogP contribution in [0.2, 0.25) is 0 Å². The van der Waals surface area contributed by atoms with Crippen LogP contribution in [-0.4, -0.2) is 5.91 Å². The molecule has 0 aromatic heterocycles. The SMILES string of the molecule is CCc1ccccc1NC(=O)C1[C@H]2CCC=CCC[C@@H]12. The van der Waals surface area contributed by atoms with E-state index in [0.717, 1.165) is 24.9 Å². The highest BCUT2D eigenvalue weighted by atomic mass is 16.2. The number of carbonyl (C=O) groups excluding carboxylic acids is 1. The molecule has 1 amide bonds. The second-order valence-corrected chi connectivity index (χ2v) is 5.98. The highest BCUT2D eigenvalue weighted by Crippen LogP contribution is 2.53. The van der Waals surface area contributed by atoms with E-state index in [2.05, 4.69) is 30.5 Å². The van der Waals surface area contributed by atoms with Crippen molar-refractivity contribution in [2.75, 3.05) is 5.32 Å². The summed E-state index contributed by atoms with van der Waals surface area (Å²) >= 11 is 0. The first-order valence-electron chi connectivity index (χ1n) is 7.85. The zero-order valence-corrected chi connectivity index (χ0v) is 12.1. The number of rotatable bonds is 3. The minimum Gasteiger partial charge on any atom is -0.326 e. The maximum atomic E-state index is 12.5. The molecule has 1 fully saturated rings. The fraction of sp³-hybridized carbons (Fsp3) is 0.500. The van der Waals surface area contributed by atoms with Crippen molar-refractivity contribution in [1.82, 2.24) is 0 Å². The molecule has 2 nitrogen and oxygen atoms in total. The van der Waals surface area contributed by atoms with Gasteiger partial charge >= 0.3 is 0 Å². The van der Waals surface area contributed by atoms with E-state index in [0.29, 0.717) is 11.8 Å². The van der Waals surface area contributed by atoms with Crippen LogP contribution in [0.25, 0.3) is 0 Å². The van der Waals surface area contributed by atoms with Crippen LogP contribution in [0, 0.1) is 17.8 Å². The molecule has 2 aliphatic carbocycles. The van der Waals surface area contributed by atoms with Crippen LogP contribution in [0.4, 0.5) is 5.69 Å². The molecule has 1 unspecified atom stereocenters. The monoisotopic (exact) mass is 269 g/mol. The van der Waals surface area contributed by atoms with Crippen molar-refractivity contribution in [2.24, 2.45) is 17.8 Å². The molecule has 1 aromatic carbocycles. The van der Waals surface area contributed by atoms with Gasteiger partial charge in [0, 0.05) is 11.6 Å². The molecule has 0 aliphatic heterocycles. The molecule has 1 aromatic rings. The zero-order chi connectivity index (χ0) is 13.9. The molecule has 3 atom stereocenters. The molecule has 0 spiro atoms. The molecule has 2 aliphatic rings. The number of nitrogens with one attached hydrogen (secondary N) is 1. The molecule has 1 N–H and O–H groups in total. The summed E-state index contributed by atoms with van der Waals surface area (Å²) in [5.41, 5.74) is 2.22. The van der Waals surface area contributed by atoms with Crippen LogP contribution < -0.4 is 5.32 Å². The number of carbonyl (C=O) groups is 1. The van der Waals surface area contributed by atoms with Crippen molar-refractivity contribution in [3.63, 3.8) is 0 Å². The average Bonchev–Trinajstić information content (AvgIpc) is 3.10. The molecular weight excluding hydrogens is 246 g/mol. The van der Waals surface area contributed by atoms with E-state index in [4.69, 9.17) is 0 Å². The summed E-state index contributed by atoms with van der Waals surface area (Å²) in [6.07, 6.45) is 10.1. The Morgan fingerprint density at radius 3 is 2.45 bits per heavy atom. The van der Waals surface area contributed by atoms with Crippen molar-refractivity contribution < 1.29 is 4.79 Å². The van der Waals surface area contributed by atoms with E-state index in [-0.39, 0.29) is 11.8 Å². The molecular formula is C18H23NO. The maximum Gasteiger partial charge on any atom is 0.228 e. The second kappa shape index (κ2) is 5.82. The van der Waals surface area contributed by atoms with E-state index in [9.17, 15) is 4.79 Å². The van der Waals surface area contributed by atoms with Crippen LogP contribution in [0.5, 0.6) is 0 Å². The number of hydrogen-bond acceptors (Lipinski definition) is 1. The van der Waals surface area contributed by atoms with Gasteiger partial charge in [-0.3, -0.25) is 4.79 Å². The third-order valence-electron chi connectivity index (χ3n) is 4.79. The summed E-state index contributed by atoms with van der Waals surface area (Å²) in [7, 11) is 0. The van der Waals surface area contributed by atoms with Crippen molar-refractivity contribution in [3.8, 4) is 0 Å². The standard InChI is InChI=1S/C18H23NO/c1-2-13-9-7-8-12-16(13)19-18(20)17-14-10-5-3-4-6-11-15(14)17/h3-4,7-9,12,14-15,17H,2,5-6,10-11H2,1H3,(H,19,20)/t14-,15+,17?. The van der Waals surface area contributed by atoms with Crippen molar-refractivity contribution in [2.45, 2.75) is 39.0 Å². The molecule has 0 bridgehead atoms. The number of fused-ring (bicyclic) bond motifs is 1. The van der Waals surface area contributed by atoms with E-state index >= 15 is 0 Å². The molecule has 2 heteroatoms. The van der Waals surface area contributed by atoms with Gasteiger partial charge in [0.25, 0.3) is 0 Å². The second-order valence-electron chi connectivity index (χ2n) is 5.98. The first-order chi connectivity index (χ1) is 9.81. The smallest absolute Gasteiger partial charge is 0.228 e. The molecule has 0 saturated heterocycles. The van der Waals surface area contributed by atoms with Gasteiger partial charge in [0.2, 0.25) is 5.91 Å². The van der Waals surface area contributed by atoms with Gasteiger partial charge in [0.15, 0.2) is 0 Å². The van der Waals surface area contributed by atoms with E-state index in [1.807, 2.05) is 18.2 Å². The number of amides is 1. The van der Waals surface area contributed by atoms with Gasteiger partial charge in [-0.25, -0.2) is 0 Å². The van der Waals surface area contributed by atoms with Gasteiger partial charge in [-0.05, 0) is 55.6 Å². The zero-order valence-electron chi connectivity index (χ0n) is 12.1. The van der Waals surface area contributed by atoms with E-state index < -0.39 is 0 Å². The Morgan fingerprint density at radius 1 is 1.15 bits per heavy atom. The minimum absolute atomic E-state index is 0.239. The van der Waals surface area contributed by atoms with Gasteiger partial charge in [-0.15, -0.1) is 0 Å². The summed E-state index contributed by atoms with van der Waals surface area (Å²) < 4.78 is 0. The number of aryl methyl sites for hydroxylation is 1. The summed E-state index contributed by atoms with van der Waals surface area (Å²) in [5.74, 6) is 1.73. The molecule has 1 saturated carbocycles. The van der Waals surface area contributed by atoms with Gasteiger partial charge in [0.1, 0.15) is 0 Å². The number of allylic oxidation sites excluding steroid dienone is 2. The number of hydrogen-bond donors (Lipinski definition) is 1. The number of para-hydroxylation sites is 1. The first kappa shape index (κ1) is 13.4. The lowest BCUT2D eigenvalue weighted by molar-refractivity contribution is -0.117. The molecule has 0 heterocycles. The van der Waals surface area contributed by atoms with E-state index in [1.165, 1.54) is 18.4 Å². The topological polar surface area (TPSA) is 29.1 Å². The van der Waals surface area contributed by atoms with Crippen LogP contribution in [0.15, 0.2) is 36.4 Å². The number of benzene rings is 1. The number of anilines is 1. The average molecular weight is 269 g/mol. The maximum absolute atomic E-state index is 12.5. The van der Waals surface area contributed by atoms with Crippen LogP contribution >= 0.6 is 0 Å². The Hall–Kier alpha value is -1.57. The lowest BCUT2D eigenvalue weighted by atomic mass is 10.1. The van der Waals surface area contributed by atoms with Gasteiger partial charge in [-0.1, -0.05) is 37.3 Å².